The molecule has 0 radical (unpaired) electrons. The van der Waals surface area contributed by atoms with E-state index in [0.717, 1.165) is 42.4 Å². The molecule has 1 N–H and O–H groups in total. The number of nitrogens with one attached hydrogen (secondary N) is 1. The maximum absolute atomic E-state index is 13.8. The normalized spacial score (nSPS) is 14.4. The molecule has 3 aromatic rings. The van der Waals surface area contributed by atoms with E-state index in [1.54, 1.807) is 17.0 Å². The van der Waals surface area contributed by atoms with Crippen molar-refractivity contribution in [1.29, 1.82) is 0 Å². The van der Waals surface area contributed by atoms with Gasteiger partial charge in [-0.05, 0) is 55.0 Å². The summed E-state index contributed by atoms with van der Waals surface area (Å²) in [6, 6.07) is 22.9. The van der Waals surface area contributed by atoms with E-state index in [-0.39, 0.29) is 24.4 Å². The van der Waals surface area contributed by atoms with Crippen LogP contribution in [-0.2, 0) is 29.0 Å². The SMILES string of the molecule is Cc1ccc(CCC(=O)N(Cc2ccc(Cl)cc2Cl)[C@@H](Cc2ccccc2)C(=O)NC2CCCC2)cc1. The first-order valence-corrected chi connectivity index (χ1v) is 13.8. The molecule has 0 aromatic heterocycles. The third-order valence-corrected chi connectivity index (χ3v) is 7.66. The number of carbonyl (C=O) groups excluding carboxylic acids is 2. The van der Waals surface area contributed by atoms with Crippen molar-refractivity contribution in [3.05, 3.63) is 105 Å². The molecular formula is C31H34Cl2N2O2. The zero-order valence-corrected chi connectivity index (χ0v) is 22.8. The maximum Gasteiger partial charge on any atom is 0.243 e. The lowest BCUT2D eigenvalue weighted by Crippen LogP contribution is -2.52. The van der Waals surface area contributed by atoms with E-state index in [2.05, 4.69) is 29.6 Å². The molecule has 0 unspecified atom stereocenters. The van der Waals surface area contributed by atoms with Crippen molar-refractivity contribution in [1.82, 2.24) is 10.2 Å². The lowest BCUT2D eigenvalue weighted by Gasteiger charge is -2.32. The van der Waals surface area contributed by atoms with Crippen LogP contribution in [0.25, 0.3) is 0 Å². The minimum Gasteiger partial charge on any atom is -0.352 e. The Balaban J connectivity index is 1.63. The van der Waals surface area contributed by atoms with Crippen molar-refractivity contribution in [3.63, 3.8) is 0 Å². The molecule has 4 nitrogen and oxygen atoms in total. The zero-order chi connectivity index (χ0) is 26.2. The van der Waals surface area contributed by atoms with Gasteiger partial charge in [0.2, 0.25) is 11.8 Å². The van der Waals surface area contributed by atoms with Gasteiger partial charge in [-0.1, -0.05) is 102 Å². The van der Waals surface area contributed by atoms with E-state index >= 15 is 0 Å². The number of halogens is 2. The van der Waals surface area contributed by atoms with Gasteiger partial charge in [0.15, 0.2) is 0 Å². The number of aryl methyl sites for hydroxylation is 2. The third-order valence-electron chi connectivity index (χ3n) is 7.08. The molecule has 6 heteroatoms. The van der Waals surface area contributed by atoms with Crippen LogP contribution in [0.1, 0.15) is 54.4 Å². The molecule has 1 aliphatic rings. The van der Waals surface area contributed by atoms with E-state index < -0.39 is 6.04 Å². The summed E-state index contributed by atoms with van der Waals surface area (Å²) >= 11 is 12.7. The number of hydrogen-bond donors (Lipinski definition) is 1. The number of nitrogens with zero attached hydrogens (tertiary/aromatic N) is 1. The van der Waals surface area contributed by atoms with Crippen molar-refractivity contribution >= 4 is 35.0 Å². The van der Waals surface area contributed by atoms with Gasteiger partial charge in [-0.25, -0.2) is 0 Å². The first-order valence-electron chi connectivity index (χ1n) is 13.0. The Labute approximate surface area is 230 Å². The minimum atomic E-state index is -0.653. The highest BCUT2D eigenvalue weighted by atomic mass is 35.5. The number of carbonyl (C=O) groups is 2. The molecule has 0 aliphatic heterocycles. The van der Waals surface area contributed by atoms with Gasteiger partial charge in [0.1, 0.15) is 6.04 Å². The summed E-state index contributed by atoms with van der Waals surface area (Å²) in [5.41, 5.74) is 4.05. The summed E-state index contributed by atoms with van der Waals surface area (Å²) in [6.45, 7) is 2.28. The van der Waals surface area contributed by atoms with Gasteiger partial charge >= 0.3 is 0 Å². The summed E-state index contributed by atoms with van der Waals surface area (Å²) in [6.07, 6.45) is 5.54. The Morgan fingerprint density at radius 1 is 0.946 bits per heavy atom. The van der Waals surface area contributed by atoms with Crippen molar-refractivity contribution in [3.8, 4) is 0 Å². The Morgan fingerprint density at radius 2 is 1.65 bits per heavy atom. The molecule has 0 saturated heterocycles. The highest BCUT2D eigenvalue weighted by Gasteiger charge is 2.32. The fourth-order valence-corrected chi connectivity index (χ4v) is 5.37. The second-order valence-corrected chi connectivity index (χ2v) is 10.8. The largest absolute Gasteiger partial charge is 0.352 e. The van der Waals surface area contributed by atoms with Gasteiger partial charge in [-0.3, -0.25) is 9.59 Å². The van der Waals surface area contributed by atoms with Crippen molar-refractivity contribution in [2.24, 2.45) is 0 Å². The van der Waals surface area contributed by atoms with E-state index in [1.807, 2.05) is 43.3 Å². The summed E-state index contributed by atoms with van der Waals surface area (Å²) in [7, 11) is 0. The molecule has 1 saturated carbocycles. The third kappa shape index (κ3) is 7.83. The van der Waals surface area contributed by atoms with Crippen LogP contribution in [0.5, 0.6) is 0 Å². The van der Waals surface area contributed by atoms with Crippen LogP contribution in [0.15, 0.2) is 72.8 Å². The Morgan fingerprint density at radius 3 is 2.32 bits per heavy atom. The van der Waals surface area contributed by atoms with Gasteiger partial charge in [-0.15, -0.1) is 0 Å². The molecule has 1 atom stereocenters. The highest BCUT2D eigenvalue weighted by Crippen LogP contribution is 2.25. The fraction of sp³-hybridized carbons (Fsp3) is 0.355. The summed E-state index contributed by atoms with van der Waals surface area (Å²) in [5, 5.41) is 4.26. The first-order chi connectivity index (χ1) is 17.9. The van der Waals surface area contributed by atoms with Crippen LogP contribution < -0.4 is 5.32 Å². The quantitative estimate of drug-likeness (QED) is 0.305. The van der Waals surface area contributed by atoms with Gasteiger partial charge in [0, 0.05) is 35.5 Å². The van der Waals surface area contributed by atoms with Crippen LogP contribution in [0.2, 0.25) is 10.0 Å². The van der Waals surface area contributed by atoms with Crippen molar-refractivity contribution in [2.75, 3.05) is 0 Å². The molecule has 0 spiro atoms. The second kappa shape index (κ2) is 13.1. The second-order valence-electron chi connectivity index (χ2n) is 9.94. The summed E-state index contributed by atoms with van der Waals surface area (Å²) < 4.78 is 0. The highest BCUT2D eigenvalue weighted by molar-refractivity contribution is 6.35. The van der Waals surface area contributed by atoms with Gasteiger partial charge in [0.25, 0.3) is 0 Å². The van der Waals surface area contributed by atoms with E-state index in [4.69, 9.17) is 23.2 Å². The van der Waals surface area contributed by atoms with E-state index in [9.17, 15) is 9.59 Å². The molecular weight excluding hydrogens is 503 g/mol. The predicted octanol–water partition coefficient (Wildman–Crippen LogP) is 6.93. The van der Waals surface area contributed by atoms with Gasteiger partial charge in [0.05, 0.1) is 0 Å². The number of amides is 2. The number of benzene rings is 3. The average Bonchev–Trinajstić information content (AvgIpc) is 3.40. The van der Waals surface area contributed by atoms with E-state index in [1.165, 1.54) is 5.56 Å². The summed E-state index contributed by atoms with van der Waals surface area (Å²) in [4.78, 5) is 29.3. The fourth-order valence-electron chi connectivity index (χ4n) is 4.90. The van der Waals surface area contributed by atoms with Gasteiger partial charge in [-0.2, -0.15) is 0 Å². The Bertz CT molecular complexity index is 1190. The molecule has 1 aliphatic carbocycles. The number of hydrogen-bond acceptors (Lipinski definition) is 2. The molecule has 0 heterocycles. The maximum atomic E-state index is 13.8. The average molecular weight is 538 g/mol. The monoisotopic (exact) mass is 536 g/mol. The molecule has 3 aromatic carbocycles. The minimum absolute atomic E-state index is 0.0749. The molecule has 1 fully saturated rings. The standard InChI is InChI=1S/C31H34Cl2N2O2/c1-22-11-13-23(14-12-22)15-18-30(36)35(21-25-16-17-26(32)20-28(25)33)29(19-24-7-3-2-4-8-24)31(37)34-27-9-5-6-10-27/h2-4,7-8,11-14,16-17,20,27,29H,5-6,9-10,15,18-19,21H2,1H3,(H,34,37)/t29-/m0/s1. The van der Waals surface area contributed by atoms with Crippen LogP contribution in [0.4, 0.5) is 0 Å². The zero-order valence-electron chi connectivity index (χ0n) is 21.3. The lowest BCUT2D eigenvalue weighted by atomic mass is 10.0. The summed E-state index contributed by atoms with van der Waals surface area (Å²) in [5.74, 6) is -0.182. The smallest absolute Gasteiger partial charge is 0.243 e. The van der Waals surface area contributed by atoms with Gasteiger partial charge < -0.3 is 10.2 Å². The first kappa shape index (κ1) is 27.2. The number of rotatable bonds is 10. The van der Waals surface area contributed by atoms with Crippen LogP contribution in [0, 0.1) is 6.92 Å². The molecule has 194 valence electrons. The van der Waals surface area contributed by atoms with Crippen molar-refractivity contribution < 1.29 is 9.59 Å². The van der Waals surface area contributed by atoms with Crippen LogP contribution in [-0.4, -0.2) is 28.8 Å². The lowest BCUT2D eigenvalue weighted by molar-refractivity contribution is -0.141. The van der Waals surface area contributed by atoms with Crippen molar-refractivity contribution in [2.45, 2.75) is 70.5 Å². The molecule has 2 amide bonds. The molecule has 37 heavy (non-hydrogen) atoms. The van der Waals surface area contributed by atoms with Crippen LogP contribution in [0.3, 0.4) is 0 Å². The Kier molecular flexibility index (Phi) is 9.65. The molecule has 4 rings (SSSR count). The van der Waals surface area contributed by atoms with E-state index in [0.29, 0.717) is 29.3 Å². The predicted molar refractivity (Wildman–Crippen MR) is 151 cm³/mol. The van der Waals surface area contributed by atoms with Crippen LogP contribution >= 0.6 is 23.2 Å². The molecule has 0 bridgehead atoms. The topological polar surface area (TPSA) is 49.4 Å². The Hall–Kier alpha value is -2.82.